The van der Waals surface area contributed by atoms with Crippen LogP contribution >= 0.6 is 0 Å². The van der Waals surface area contributed by atoms with Crippen LogP contribution in [0.15, 0.2) is 18.2 Å². The normalized spacial score (nSPS) is 22.7. The molecule has 0 saturated carbocycles. The first kappa shape index (κ1) is 13.4. The minimum Gasteiger partial charge on any atom is -0.488 e. The van der Waals surface area contributed by atoms with Crippen molar-refractivity contribution in [3.05, 3.63) is 29.3 Å². The van der Waals surface area contributed by atoms with E-state index < -0.39 is 0 Å². The number of fused-ring (bicyclic) bond motifs is 1. The van der Waals surface area contributed by atoms with Gasteiger partial charge in [0.05, 0.1) is 13.2 Å². The highest BCUT2D eigenvalue weighted by molar-refractivity contribution is 5.49. The first-order valence-electron chi connectivity index (χ1n) is 6.57. The van der Waals surface area contributed by atoms with Crippen LogP contribution in [0.3, 0.4) is 0 Å². The number of hydrogen-bond acceptors (Lipinski definition) is 3. The molecule has 1 aliphatic heterocycles. The zero-order valence-electron chi connectivity index (χ0n) is 11.9. The first-order chi connectivity index (χ1) is 8.49. The van der Waals surface area contributed by atoms with E-state index in [-0.39, 0.29) is 17.6 Å². The van der Waals surface area contributed by atoms with Crippen LogP contribution in [-0.4, -0.2) is 13.2 Å². The van der Waals surface area contributed by atoms with Gasteiger partial charge in [-0.2, -0.15) is 5.48 Å². The highest BCUT2D eigenvalue weighted by atomic mass is 16.6. The fourth-order valence-corrected chi connectivity index (χ4v) is 2.53. The summed E-state index contributed by atoms with van der Waals surface area (Å²) in [7, 11) is 1.65. The highest BCUT2D eigenvalue weighted by Gasteiger charge is 2.36. The number of ether oxygens (including phenoxy) is 1. The van der Waals surface area contributed by atoms with Gasteiger partial charge >= 0.3 is 0 Å². The Morgan fingerprint density at radius 2 is 2.06 bits per heavy atom. The zero-order valence-corrected chi connectivity index (χ0v) is 11.9. The zero-order chi connectivity index (χ0) is 13.3. The minimum atomic E-state index is 0.0889. The van der Waals surface area contributed by atoms with Gasteiger partial charge in [-0.15, -0.1) is 0 Å². The molecule has 3 heteroatoms. The van der Waals surface area contributed by atoms with Crippen LogP contribution in [0.1, 0.15) is 51.3 Å². The first-order valence-corrected chi connectivity index (χ1v) is 6.57. The topological polar surface area (TPSA) is 30.5 Å². The smallest absolute Gasteiger partial charge is 0.128 e. The number of benzene rings is 1. The van der Waals surface area contributed by atoms with E-state index in [1.54, 1.807) is 7.11 Å². The van der Waals surface area contributed by atoms with Crippen molar-refractivity contribution in [2.45, 2.75) is 51.7 Å². The third-order valence-electron chi connectivity index (χ3n) is 3.48. The summed E-state index contributed by atoms with van der Waals surface area (Å²) in [6, 6.07) is 6.50. The van der Waals surface area contributed by atoms with Crippen LogP contribution in [0.2, 0.25) is 0 Å². The Hall–Kier alpha value is -1.06. The molecule has 1 aromatic rings. The van der Waals surface area contributed by atoms with Crippen LogP contribution in [0, 0.1) is 0 Å². The van der Waals surface area contributed by atoms with Crippen molar-refractivity contribution < 1.29 is 9.57 Å². The standard InChI is InChI=1S/C15H23NO2/c1-6-12-13(16-17-5)10-8-7-9-11(14(10)18-12)15(2,3)4/h7-9,12-13,16H,6H2,1-5H3. The van der Waals surface area contributed by atoms with E-state index >= 15 is 0 Å². The van der Waals surface area contributed by atoms with Gasteiger partial charge in [0.15, 0.2) is 0 Å². The molecule has 1 N–H and O–H groups in total. The molecule has 0 spiro atoms. The quantitative estimate of drug-likeness (QED) is 0.833. The van der Waals surface area contributed by atoms with Crippen molar-refractivity contribution in [3.63, 3.8) is 0 Å². The highest BCUT2D eigenvalue weighted by Crippen LogP contribution is 2.44. The summed E-state index contributed by atoms with van der Waals surface area (Å²) in [6.07, 6.45) is 1.10. The number of rotatable bonds is 3. The number of hydroxylamine groups is 1. The molecule has 1 aromatic carbocycles. The van der Waals surface area contributed by atoms with Gasteiger partial charge in [-0.05, 0) is 17.4 Å². The maximum Gasteiger partial charge on any atom is 0.128 e. The average molecular weight is 249 g/mol. The lowest BCUT2D eigenvalue weighted by Crippen LogP contribution is -2.29. The lowest BCUT2D eigenvalue weighted by Gasteiger charge is -2.22. The van der Waals surface area contributed by atoms with Gasteiger partial charge < -0.3 is 9.57 Å². The molecule has 18 heavy (non-hydrogen) atoms. The monoisotopic (exact) mass is 249 g/mol. The maximum atomic E-state index is 6.14. The van der Waals surface area contributed by atoms with Crippen molar-refractivity contribution in [1.29, 1.82) is 0 Å². The lowest BCUT2D eigenvalue weighted by molar-refractivity contribution is 0.0282. The summed E-state index contributed by atoms with van der Waals surface area (Å²) in [4.78, 5) is 5.11. The Morgan fingerprint density at radius 1 is 1.33 bits per heavy atom. The Labute approximate surface area is 109 Å². The van der Waals surface area contributed by atoms with E-state index in [0.29, 0.717) is 0 Å². The summed E-state index contributed by atoms with van der Waals surface area (Å²) in [6.45, 7) is 8.77. The van der Waals surface area contributed by atoms with E-state index in [9.17, 15) is 0 Å². The summed E-state index contributed by atoms with van der Waals surface area (Å²) in [5, 5.41) is 0. The van der Waals surface area contributed by atoms with Gasteiger partial charge in [0, 0.05) is 5.56 Å². The molecule has 2 unspecified atom stereocenters. The van der Waals surface area contributed by atoms with Crippen LogP contribution in [0.4, 0.5) is 0 Å². The van der Waals surface area contributed by atoms with Gasteiger partial charge in [-0.1, -0.05) is 45.9 Å². The summed E-state index contributed by atoms with van der Waals surface area (Å²) in [5.74, 6) is 1.03. The van der Waals surface area contributed by atoms with Crippen LogP contribution in [0.5, 0.6) is 5.75 Å². The van der Waals surface area contributed by atoms with Gasteiger partial charge in [0.1, 0.15) is 11.9 Å². The molecule has 0 radical (unpaired) electrons. The van der Waals surface area contributed by atoms with Crippen molar-refractivity contribution in [1.82, 2.24) is 5.48 Å². The molecule has 3 nitrogen and oxygen atoms in total. The van der Waals surface area contributed by atoms with E-state index in [1.807, 2.05) is 0 Å². The number of hydrogen-bond donors (Lipinski definition) is 1. The summed E-state index contributed by atoms with van der Waals surface area (Å²) < 4.78 is 6.14. The molecule has 0 amide bonds. The predicted molar refractivity (Wildman–Crippen MR) is 72.7 cm³/mol. The molecule has 0 bridgehead atoms. The van der Waals surface area contributed by atoms with E-state index in [0.717, 1.165) is 12.2 Å². The summed E-state index contributed by atoms with van der Waals surface area (Å²) >= 11 is 0. The SMILES string of the molecule is CCC1Oc2c(cccc2C(C)(C)C)C1NOC. The fraction of sp³-hybridized carbons (Fsp3) is 0.600. The minimum absolute atomic E-state index is 0.0889. The van der Waals surface area contributed by atoms with Crippen LogP contribution in [0.25, 0.3) is 0 Å². The molecule has 0 aliphatic carbocycles. The Kier molecular flexibility index (Phi) is 3.64. The Morgan fingerprint density at radius 3 is 2.61 bits per heavy atom. The average Bonchev–Trinajstić information content (AvgIpc) is 2.66. The predicted octanol–water partition coefficient (Wildman–Crippen LogP) is 3.35. The van der Waals surface area contributed by atoms with Gasteiger partial charge in [0.2, 0.25) is 0 Å². The molecule has 100 valence electrons. The van der Waals surface area contributed by atoms with Crippen LogP contribution < -0.4 is 10.2 Å². The van der Waals surface area contributed by atoms with Crippen LogP contribution in [-0.2, 0) is 10.3 Å². The van der Waals surface area contributed by atoms with Gasteiger partial charge in [-0.25, -0.2) is 0 Å². The number of para-hydroxylation sites is 1. The molecule has 2 atom stereocenters. The second kappa shape index (κ2) is 4.90. The molecular weight excluding hydrogens is 226 g/mol. The van der Waals surface area contributed by atoms with Crippen molar-refractivity contribution in [2.75, 3.05) is 7.11 Å². The molecular formula is C15H23NO2. The van der Waals surface area contributed by atoms with Gasteiger partial charge in [-0.3, -0.25) is 0 Å². The van der Waals surface area contributed by atoms with E-state index in [4.69, 9.17) is 9.57 Å². The third kappa shape index (κ3) is 2.25. The van der Waals surface area contributed by atoms with Crippen molar-refractivity contribution in [3.8, 4) is 5.75 Å². The van der Waals surface area contributed by atoms with Crippen molar-refractivity contribution in [2.24, 2.45) is 0 Å². The second-order valence-electron chi connectivity index (χ2n) is 5.84. The third-order valence-corrected chi connectivity index (χ3v) is 3.48. The Bertz CT molecular complexity index is 423. The van der Waals surface area contributed by atoms with E-state index in [2.05, 4.69) is 51.4 Å². The van der Waals surface area contributed by atoms with Crippen molar-refractivity contribution >= 4 is 0 Å². The fourth-order valence-electron chi connectivity index (χ4n) is 2.53. The molecule has 1 heterocycles. The largest absolute Gasteiger partial charge is 0.488 e. The molecule has 0 fully saturated rings. The van der Waals surface area contributed by atoms with Gasteiger partial charge in [0.25, 0.3) is 0 Å². The molecule has 0 aromatic heterocycles. The lowest BCUT2D eigenvalue weighted by atomic mass is 9.85. The Balaban J connectivity index is 2.45. The maximum absolute atomic E-state index is 6.14. The molecule has 2 rings (SSSR count). The molecule has 0 saturated heterocycles. The number of nitrogens with one attached hydrogen (secondary N) is 1. The van der Waals surface area contributed by atoms with E-state index in [1.165, 1.54) is 11.1 Å². The second-order valence-corrected chi connectivity index (χ2v) is 5.84. The summed E-state index contributed by atoms with van der Waals surface area (Å²) in [5.41, 5.74) is 5.61. The molecule has 1 aliphatic rings.